The van der Waals surface area contributed by atoms with Crippen LogP contribution in [-0.2, 0) is 11.3 Å². The van der Waals surface area contributed by atoms with Crippen LogP contribution in [0.2, 0.25) is 0 Å². The molecule has 10 nitrogen and oxygen atoms in total. The van der Waals surface area contributed by atoms with E-state index in [9.17, 15) is 19.1 Å². The quantitative estimate of drug-likeness (QED) is 0.408. The SMILES string of the molecule is C#CCn1c(=O)n([C@@H]2O[C@H](CO)[C@@H](F)[C@H]2O)c2ncn(N)c(=O)c21. The number of ether oxygens (including phenoxy) is 1. The van der Waals surface area contributed by atoms with Gasteiger partial charge in [0.2, 0.25) is 0 Å². The van der Waals surface area contributed by atoms with E-state index in [0.717, 1.165) is 15.5 Å². The average molecular weight is 339 g/mol. The predicted octanol–water partition coefficient (Wildman–Crippen LogP) is -2.70. The molecule has 0 spiro atoms. The zero-order valence-electron chi connectivity index (χ0n) is 12.2. The molecule has 1 aliphatic rings. The number of rotatable bonds is 3. The molecule has 3 rings (SSSR count). The first-order valence-corrected chi connectivity index (χ1v) is 6.91. The summed E-state index contributed by atoms with van der Waals surface area (Å²) in [4.78, 5) is 28.7. The lowest BCUT2D eigenvalue weighted by Crippen LogP contribution is -2.34. The topological polar surface area (TPSA) is 138 Å². The zero-order valence-corrected chi connectivity index (χ0v) is 12.2. The number of aliphatic hydroxyl groups is 2. The van der Waals surface area contributed by atoms with Crippen LogP contribution in [0.1, 0.15) is 6.23 Å². The lowest BCUT2D eigenvalue weighted by molar-refractivity contribution is -0.0513. The molecule has 0 bridgehead atoms. The van der Waals surface area contributed by atoms with Crippen molar-refractivity contribution in [1.29, 1.82) is 0 Å². The van der Waals surface area contributed by atoms with E-state index < -0.39 is 42.5 Å². The maximum Gasteiger partial charge on any atom is 0.333 e. The molecular formula is C13H14FN5O5. The smallest absolute Gasteiger partial charge is 0.333 e. The minimum absolute atomic E-state index is 0.156. The number of nitrogen functional groups attached to an aromatic ring is 1. The fraction of sp³-hybridized carbons (Fsp3) is 0.462. The Kier molecular flexibility index (Phi) is 3.88. The maximum atomic E-state index is 14.0. The second kappa shape index (κ2) is 5.75. The van der Waals surface area contributed by atoms with Crippen LogP contribution < -0.4 is 17.1 Å². The van der Waals surface area contributed by atoms with Gasteiger partial charge in [-0.3, -0.25) is 9.36 Å². The third-order valence-corrected chi connectivity index (χ3v) is 3.86. The molecule has 0 aromatic carbocycles. The van der Waals surface area contributed by atoms with Crippen molar-refractivity contribution < 1.29 is 19.3 Å². The van der Waals surface area contributed by atoms with Gasteiger partial charge in [0, 0.05) is 0 Å². The zero-order chi connectivity index (χ0) is 17.6. The molecule has 1 aliphatic heterocycles. The van der Waals surface area contributed by atoms with Crippen molar-refractivity contribution >= 4 is 11.2 Å². The van der Waals surface area contributed by atoms with Gasteiger partial charge in [-0.25, -0.2) is 23.4 Å². The van der Waals surface area contributed by atoms with E-state index in [0.29, 0.717) is 4.68 Å². The summed E-state index contributed by atoms with van der Waals surface area (Å²) in [5.74, 6) is 7.67. The second-order valence-electron chi connectivity index (χ2n) is 5.25. The summed E-state index contributed by atoms with van der Waals surface area (Å²) in [7, 11) is 0. The molecule has 24 heavy (non-hydrogen) atoms. The van der Waals surface area contributed by atoms with E-state index in [4.69, 9.17) is 22.1 Å². The van der Waals surface area contributed by atoms with Crippen molar-refractivity contribution in [2.24, 2.45) is 0 Å². The van der Waals surface area contributed by atoms with Gasteiger partial charge >= 0.3 is 5.69 Å². The van der Waals surface area contributed by atoms with Gasteiger partial charge in [0.05, 0.1) is 13.2 Å². The molecule has 0 radical (unpaired) electrons. The summed E-state index contributed by atoms with van der Waals surface area (Å²) in [5, 5.41) is 19.1. The highest BCUT2D eigenvalue weighted by molar-refractivity contribution is 5.70. The Morgan fingerprint density at radius 1 is 1.50 bits per heavy atom. The molecular weight excluding hydrogens is 325 g/mol. The fourth-order valence-electron chi connectivity index (χ4n) is 2.71. The van der Waals surface area contributed by atoms with Crippen molar-refractivity contribution in [1.82, 2.24) is 18.8 Å². The van der Waals surface area contributed by atoms with Gasteiger partial charge in [-0.15, -0.1) is 6.42 Å². The number of terminal acetylenes is 1. The number of hydrogen-bond acceptors (Lipinski definition) is 7. The van der Waals surface area contributed by atoms with Crippen molar-refractivity contribution in [3.63, 3.8) is 0 Å². The van der Waals surface area contributed by atoms with E-state index in [2.05, 4.69) is 10.9 Å². The van der Waals surface area contributed by atoms with Crippen LogP contribution >= 0.6 is 0 Å². The lowest BCUT2D eigenvalue weighted by atomic mass is 10.1. The molecule has 0 unspecified atom stereocenters. The van der Waals surface area contributed by atoms with Gasteiger partial charge in [0.15, 0.2) is 23.6 Å². The van der Waals surface area contributed by atoms with E-state index >= 15 is 0 Å². The maximum absolute atomic E-state index is 14.0. The first-order valence-electron chi connectivity index (χ1n) is 6.91. The molecule has 1 saturated heterocycles. The highest BCUT2D eigenvalue weighted by atomic mass is 19.1. The number of hydrogen-bond donors (Lipinski definition) is 3. The molecule has 0 aliphatic carbocycles. The molecule has 4 N–H and O–H groups in total. The van der Waals surface area contributed by atoms with E-state index in [1.807, 2.05) is 0 Å². The normalized spacial score (nSPS) is 26.8. The molecule has 4 atom stereocenters. The number of imidazole rings is 1. The van der Waals surface area contributed by atoms with Crippen LogP contribution in [0.4, 0.5) is 4.39 Å². The molecule has 3 heterocycles. The van der Waals surface area contributed by atoms with Gasteiger partial charge < -0.3 is 20.8 Å². The highest BCUT2D eigenvalue weighted by Crippen LogP contribution is 2.31. The van der Waals surface area contributed by atoms with Crippen LogP contribution in [0, 0.1) is 12.3 Å². The number of aromatic nitrogens is 4. The molecule has 0 amide bonds. The van der Waals surface area contributed by atoms with Crippen LogP contribution in [0.15, 0.2) is 15.9 Å². The largest absolute Gasteiger partial charge is 0.394 e. The number of aliphatic hydroxyl groups excluding tert-OH is 2. The molecule has 2 aromatic rings. The fourth-order valence-corrected chi connectivity index (χ4v) is 2.71. The summed E-state index contributed by atoms with van der Waals surface area (Å²) in [5.41, 5.74) is -1.90. The average Bonchev–Trinajstić information content (AvgIpc) is 3.00. The van der Waals surface area contributed by atoms with Gasteiger partial charge in [0.1, 0.15) is 18.5 Å². The first-order chi connectivity index (χ1) is 11.4. The number of nitrogens with two attached hydrogens (primary N) is 1. The predicted molar refractivity (Wildman–Crippen MR) is 79.1 cm³/mol. The molecule has 128 valence electrons. The minimum atomic E-state index is -1.91. The Balaban J connectivity index is 2.29. The Morgan fingerprint density at radius 2 is 2.21 bits per heavy atom. The van der Waals surface area contributed by atoms with Gasteiger partial charge in [-0.1, -0.05) is 5.92 Å². The Bertz CT molecular complexity index is 941. The van der Waals surface area contributed by atoms with Gasteiger partial charge in [-0.2, -0.15) is 0 Å². The van der Waals surface area contributed by atoms with Crippen molar-refractivity contribution in [2.45, 2.75) is 31.2 Å². The van der Waals surface area contributed by atoms with E-state index in [1.54, 1.807) is 0 Å². The second-order valence-corrected chi connectivity index (χ2v) is 5.25. The van der Waals surface area contributed by atoms with Gasteiger partial charge in [0.25, 0.3) is 5.56 Å². The number of fused-ring (bicyclic) bond motifs is 1. The summed E-state index contributed by atoms with van der Waals surface area (Å²) in [6.07, 6.45) is -0.231. The Labute approximate surface area is 133 Å². The lowest BCUT2D eigenvalue weighted by Gasteiger charge is -2.15. The number of halogens is 1. The third kappa shape index (κ3) is 2.12. The van der Waals surface area contributed by atoms with Crippen LogP contribution in [0.25, 0.3) is 11.2 Å². The van der Waals surface area contributed by atoms with Crippen molar-refractivity contribution in [3.8, 4) is 12.3 Å². The van der Waals surface area contributed by atoms with Crippen LogP contribution in [0.3, 0.4) is 0 Å². The summed E-state index contributed by atoms with van der Waals surface area (Å²) in [6.45, 7) is -0.940. The van der Waals surface area contributed by atoms with E-state index in [1.165, 1.54) is 0 Å². The van der Waals surface area contributed by atoms with E-state index in [-0.39, 0.29) is 17.7 Å². The summed E-state index contributed by atoms with van der Waals surface area (Å²) >= 11 is 0. The molecule has 1 fully saturated rings. The van der Waals surface area contributed by atoms with Crippen molar-refractivity contribution in [3.05, 3.63) is 27.2 Å². The third-order valence-electron chi connectivity index (χ3n) is 3.86. The molecule has 0 saturated carbocycles. The van der Waals surface area contributed by atoms with Crippen molar-refractivity contribution in [2.75, 3.05) is 12.4 Å². The standard InChI is InChI=1S/C13H14FN5O5/c1-2-3-17-8-10(16-5-18(15)11(8)22)19(13(17)23)12-9(21)7(14)6(4-20)24-12/h1,5-7,9,12,20-21H,3-4,15H2/t6-,7-,9-,12-/m1/s1. The van der Waals surface area contributed by atoms with Gasteiger partial charge in [-0.05, 0) is 0 Å². The molecule has 2 aromatic heterocycles. The monoisotopic (exact) mass is 339 g/mol. The minimum Gasteiger partial charge on any atom is -0.394 e. The van der Waals surface area contributed by atoms with Crippen LogP contribution in [-0.4, -0.2) is 54.0 Å². The van der Waals surface area contributed by atoms with Crippen LogP contribution in [0.5, 0.6) is 0 Å². The Morgan fingerprint density at radius 3 is 2.79 bits per heavy atom. The molecule has 11 heteroatoms. The highest BCUT2D eigenvalue weighted by Gasteiger charge is 2.46. The Hall–Kier alpha value is -2.68. The number of alkyl halides is 1. The number of nitrogens with zero attached hydrogens (tertiary/aromatic N) is 4. The summed E-state index contributed by atoms with van der Waals surface area (Å²) < 4.78 is 21.6. The first kappa shape index (κ1) is 16.2. The summed E-state index contributed by atoms with van der Waals surface area (Å²) in [6, 6.07) is 0.